The third-order valence-corrected chi connectivity index (χ3v) is 2.12. The minimum atomic E-state index is 0.0621. The summed E-state index contributed by atoms with van der Waals surface area (Å²) in [5, 5.41) is 11.7. The lowest BCUT2D eigenvalue weighted by Crippen LogP contribution is -2.12. The molecule has 4 N–H and O–H groups in total. The molecule has 0 radical (unpaired) electrons. The summed E-state index contributed by atoms with van der Waals surface area (Å²) in [5.74, 6) is 0. The van der Waals surface area contributed by atoms with E-state index in [1.165, 1.54) is 0 Å². The monoisotopic (exact) mass is 210 g/mol. The number of benzene rings is 1. The van der Waals surface area contributed by atoms with Crippen molar-refractivity contribution in [3.8, 4) is 0 Å². The topological polar surface area (TPSA) is 67.5 Å². The lowest BCUT2D eigenvalue weighted by Gasteiger charge is -2.10. The summed E-state index contributed by atoms with van der Waals surface area (Å²) >= 11 is 0. The number of nitrogens with one attached hydrogen (secondary N) is 1. The number of aryl methyl sites for hydroxylation is 1. The van der Waals surface area contributed by atoms with Gasteiger partial charge in [0.2, 0.25) is 0 Å². The second-order valence-corrected chi connectivity index (χ2v) is 3.30. The van der Waals surface area contributed by atoms with Crippen LogP contribution in [0, 0.1) is 6.92 Å². The molecule has 0 saturated carbocycles. The number of aliphatic hydroxyl groups excluding tert-OH is 1. The van der Waals surface area contributed by atoms with Crippen LogP contribution in [0.2, 0.25) is 0 Å². The highest BCUT2D eigenvalue weighted by atomic mass is 16.5. The third-order valence-electron chi connectivity index (χ3n) is 2.12. The highest BCUT2D eigenvalue weighted by Gasteiger charge is 1.99. The van der Waals surface area contributed by atoms with E-state index in [9.17, 15) is 0 Å². The van der Waals surface area contributed by atoms with E-state index >= 15 is 0 Å². The Morgan fingerprint density at radius 3 is 2.93 bits per heavy atom. The number of hydrogen-bond donors (Lipinski definition) is 3. The molecule has 1 aromatic rings. The summed E-state index contributed by atoms with van der Waals surface area (Å²) in [6.45, 7) is 3.67. The Morgan fingerprint density at radius 1 is 1.40 bits per heavy atom. The fraction of sp³-hybridized carbons (Fsp3) is 0.455. The zero-order valence-corrected chi connectivity index (χ0v) is 8.99. The molecule has 0 aromatic heterocycles. The fourth-order valence-electron chi connectivity index (χ4n) is 1.26. The molecule has 1 rings (SSSR count). The molecule has 4 nitrogen and oxygen atoms in total. The highest BCUT2D eigenvalue weighted by molar-refractivity contribution is 5.69. The fourth-order valence-corrected chi connectivity index (χ4v) is 1.26. The molecule has 84 valence electrons. The number of anilines is 2. The molecule has 4 heteroatoms. The first-order valence-electron chi connectivity index (χ1n) is 5.03. The summed E-state index contributed by atoms with van der Waals surface area (Å²) in [6.07, 6.45) is 0. The number of nitrogens with two attached hydrogens (primary N) is 1. The van der Waals surface area contributed by atoms with Gasteiger partial charge in [0.25, 0.3) is 0 Å². The van der Waals surface area contributed by atoms with Gasteiger partial charge in [-0.05, 0) is 18.6 Å². The number of hydrogen-bond acceptors (Lipinski definition) is 4. The Bertz CT molecular complexity index is 303. The van der Waals surface area contributed by atoms with Gasteiger partial charge in [-0.25, -0.2) is 0 Å². The van der Waals surface area contributed by atoms with Crippen LogP contribution in [0.15, 0.2) is 18.2 Å². The Kier molecular flexibility index (Phi) is 4.93. The van der Waals surface area contributed by atoms with E-state index in [0.29, 0.717) is 19.8 Å². The molecule has 0 atom stereocenters. The summed E-state index contributed by atoms with van der Waals surface area (Å²) in [5.41, 5.74) is 8.66. The molecule has 15 heavy (non-hydrogen) atoms. The van der Waals surface area contributed by atoms with Crippen molar-refractivity contribution in [1.29, 1.82) is 0 Å². The van der Waals surface area contributed by atoms with E-state index in [1.807, 2.05) is 25.1 Å². The largest absolute Gasteiger partial charge is 0.397 e. The molecular formula is C11H18N2O2. The maximum absolute atomic E-state index is 8.50. The van der Waals surface area contributed by atoms with Crippen LogP contribution in [-0.4, -0.2) is 31.5 Å². The second kappa shape index (κ2) is 6.27. The van der Waals surface area contributed by atoms with Crippen LogP contribution in [0.4, 0.5) is 11.4 Å². The Hall–Kier alpha value is -1.26. The van der Waals surface area contributed by atoms with Crippen LogP contribution >= 0.6 is 0 Å². The van der Waals surface area contributed by atoms with Gasteiger partial charge in [0, 0.05) is 6.54 Å². The molecule has 0 bridgehead atoms. The molecule has 0 heterocycles. The molecule has 1 aromatic carbocycles. The van der Waals surface area contributed by atoms with E-state index in [4.69, 9.17) is 15.6 Å². The summed E-state index contributed by atoms with van der Waals surface area (Å²) in [4.78, 5) is 0. The zero-order valence-electron chi connectivity index (χ0n) is 8.99. The highest BCUT2D eigenvalue weighted by Crippen LogP contribution is 2.21. The minimum absolute atomic E-state index is 0.0621. The van der Waals surface area contributed by atoms with Crippen LogP contribution in [0.25, 0.3) is 0 Å². The second-order valence-electron chi connectivity index (χ2n) is 3.30. The van der Waals surface area contributed by atoms with Crippen LogP contribution in [0.3, 0.4) is 0 Å². The summed E-state index contributed by atoms with van der Waals surface area (Å²) in [7, 11) is 0. The smallest absolute Gasteiger partial charge is 0.0698 e. The lowest BCUT2D eigenvalue weighted by atomic mass is 10.2. The number of ether oxygens (including phenoxy) is 1. The number of para-hydroxylation sites is 1. The van der Waals surface area contributed by atoms with Gasteiger partial charge in [0.15, 0.2) is 0 Å². The zero-order chi connectivity index (χ0) is 11.1. The average Bonchev–Trinajstić information content (AvgIpc) is 2.24. The summed E-state index contributed by atoms with van der Waals surface area (Å²) in [6, 6.07) is 5.87. The van der Waals surface area contributed by atoms with E-state index in [0.717, 1.165) is 16.9 Å². The van der Waals surface area contributed by atoms with Gasteiger partial charge in [0.05, 0.1) is 31.2 Å². The van der Waals surface area contributed by atoms with Gasteiger partial charge in [-0.1, -0.05) is 12.1 Å². The molecule has 0 aliphatic rings. The Balaban J connectivity index is 2.34. The quantitative estimate of drug-likeness (QED) is 0.484. The molecule has 0 spiro atoms. The molecule has 0 unspecified atom stereocenters. The van der Waals surface area contributed by atoms with Crippen molar-refractivity contribution >= 4 is 11.4 Å². The van der Waals surface area contributed by atoms with E-state index < -0.39 is 0 Å². The van der Waals surface area contributed by atoms with E-state index in [-0.39, 0.29) is 6.61 Å². The van der Waals surface area contributed by atoms with Gasteiger partial charge >= 0.3 is 0 Å². The van der Waals surface area contributed by atoms with Crippen molar-refractivity contribution in [2.24, 2.45) is 0 Å². The SMILES string of the molecule is Cc1cccc(NCCOCCO)c1N. The summed E-state index contributed by atoms with van der Waals surface area (Å²) < 4.78 is 5.12. The van der Waals surface area contributed by atoms with Gasteiger partial charge < -0.3 is 20.9 Å². The maximum Gasteiger partial charge on any atom is 0.0698 e. The van der Waals surface area contributed by atoms with Crippen molar-refractivity contribution < 1.29 is 9.84 Å². The molecule has 0 aliphatic carbocycles. The van der Waals surface area contributed by atoms with Crippen molar-refractivity contribution in [2.45, 2.75) is 6.92 Å². The first-order valence-corrected chi connectivity index (χ1v) is 5.03. The molecule has 0 fully saturated rings. The lowest BCUT2D eigenvalue weighted by molar-refractivity contribution is 0.0992. The van der Waals surface area contributed by atoms with Crippen molar-refractivity contribution in [3.05, 3.63) is 23.8 Å². The van der Waals surface area contributed by atoms with Crippen LogP contribution in [0.1, 0.15) is 5.56 Å². The normalized spacial score (nSPS) is 10.3. The van der Waals surface area contributed by atoms with Crippen molar-refractivity contribution in [1.82, 2.24) is 0 Å². The van der Waals surface area contributed by atoms with Crippen molar-refractivity contribution in [2.75, 3.05) is 37.4 Å². The minimum Gasteiger partial charge on any atom is -0.397 e. The van der Waals surface area contributed by atoms with Crippen LogP contribution < -0.4 is 11.1 Å². The predicted octanol–water partition coefficient (Wildman–Crippen LogP) is 0.998. The molecule has 0 saturated heterocycles. The van der Waals surface area contributed by atoms with Crippen LogP contribution in [0.5, 0.6) is 0 Å². The number of rotatable bonds is 6. The van der Waals surface area contributed by atoms with Gasteiger partial charge in [0.1, 0.15) is 0 Å². The van der Waals surface area contributed by atoms with Gasteiger partial charge in [-0.2, -0.15) is 0 Å². The molecular weight excluding hydrogens is 192 g/mol. The van der Waals surface area contributed by atoms with E-state index in [2.05, 4.69) is 5.32 Å². The maximum atomic E-state index is 8.50. The first-order chi connectivity index (χ1) is 7.25. The van der Waals surface area contributed by atoms with Crippen LogP contribution in [-0.2, 0) is 4.74 Å². The standard InChI is InChI=1S/C11H18N2O2/c1-9-3-2-4-10(11(9)12)13-5-7-15-8-6-14/h2-4,13-14H,5-8,12H2,1H3. The van der Waals surface area contributed by atoms with E-state index in [1.54, 1.807) is 0 Å². The number of aliphatic hydroxyl groups is 1. The Labute approximate surface area is 90.1 Å². The Morgan fingerprint density at radius 2 is 2.20 bits per heavy atom. The molecule has 0 amide bonds. The van der Waals surface area contributed by atoms with Crippen molar-refractivity contribution in [3.63, 3.8) is 0 Å². The predicted molar refractivity (Wildman–Crippen MR) is 62.0 cm³/mol. The van der Waals surface area contributed by atoms with Gasteiger partial charge in [-0.15, -0.1) is 0 Å². The average molecular weight is 210 g/mol. The number of nitrogen functional groups attached to an aromatic ring is 1. The molecule has 0 aliphatic heterocycles. The third kappa shape index (κ3) is 3.77. The van der Waals surface area contributed by atoms with Gasteiger partial charge in [-0.3, -0.25) is 0 Å². The first kappa shape index (κ1) is 11.8.